The lowest BCUT2D eigenvalue weighted by atomic mass is 10.1. The van der Waals surface area contributed by atoms with E-state index in [1.54, 1.807) is 7.05 Å². The molecule has 0 saturated carbocycles. The summed E-state index contributed by atoms with van der Waals surface area (Å²) in [5, 5.41) is 4.91. The highest BCUT2D eigenvalue weighted by molar-refractivity contribution is 9.09. The molecule has 5 nitrogen and oxygen atoms in total. The second-order valence-corrected chi connectivity index (χ2v) is 6.23. The van der Waals surface area contributed by atoms with Crippen LogP contribution in [-0.4, -0.2) is 30.1 Å². The van der Waals surface area contributed by atoms with Crippen molar-refractivity contribution < 1.29 is 8.42 Å². The molecule has 1 aromatic heterocycles. The van der Waals surface area contributed by atoms with Gasteiger partial charge in [0.05, 0.1) is 6.20 Å². The van der Waals surface area contributed by atoms with Crippen LogP contribution < -0.4 is 4.72 Å². The number of nitrogens with one attached hydrogen (secondary N) is 1. The first-order valence-corrected chi connectivity index (χ1v) is 7.61. The normalized spacial score (nSPS) is 13.9. The predicted molar refractivity (Wildman–Crippen MR) is 66.0 cm³/mol. The fourth-order valence-electron chi connectivity index (χ4n) is 1.24. The number of aromatic nitrogens is 2. The summed E-state index contributed by atoms with van der Waals surface area (Å²) in [7, 11) is -1.82. The van der Waals surface area contributed by atoms with Crippen LogP contribution in [0.5, 0.6) is 0 Å². The van der Waals surface area contributed by atoms with E-state index in [-0.39, 0.29) is 5.03 Å². The topological polar surface area (TPSA) is 64.0 Å². The first-order chi connectivity index (χ1) is 7.47. The van der Waals surface area contributed by atoms with Gasteiger partial charge in [-0.25, -0.2) is 13.1 Å². The van der Waals surface area contributed by atoms with Crippen LogP contribution in [0.2, 0.25) is 0 Å². The summed E-state index contributed by atoms with van der Waals surface area (Å²) in [6.45, 7) is 2.45. The smallest absolute Gasteiger partial charge is 0.256 e. The van der Waals surface area contributed by atoms with Crippen LogP contribution in [0, 0.1) is 5.92 Å². The third-order valence-electron chi connectivity index (χ3n) is 2.27. The minimum absolute atomic E-state index is 0.193. The zero-order valence-corrected chi connectivity index (χ0v) is 11.8. The highest BCUT2D eigenvalue weighted by Crippen LogP contribution is 2.08. The molecule has 1 rings (SSSR count). The Morgan fingerprint density at radius 1 is 1.62 bits per heavy atom. The van der Waals surface area contributed by atoms with Gasteiger partial charge >= 0.3 is 0 Å². The monoisotopic (exact) mass is 309 g/mol. The van der Waals surface area contributed by atoms with Gasteiger partial charge in [-0.15, -0.1) is 0 Å². The predicted octanol–water partition coefficient (Wildman–Crippen LogP) is 1.12. The molecule has 1 atom stereocenters. The van der Waals surface area contributed by atoms with Crippen molar-refractivity contribution in [1.29, 1.82) is 0 Å². The Bertz CT molecular complexity index is 430. The van der Waals surface area contributed by atoms with Crippen LogP contribution in [0.15, 0.2) is 17.3 Å². The second kappa shape index (κ2) is 5.79. The summed E-state index contributed by atoms with van der Waals surface area (Å²) in [5.41, 5.74) is 0. The van der Waals surface area contributed by atoms with E-state index in [4.69, 9.17) is 0 Å². The maximum atomic E-state index is 11.8. The van der Waals surface area contributed by atoms with Crippen molar-refractivity contribution >= 4 is 26.0 Å². The Balaban J connectivity index is 2.63. The molecule has 0 amide bonds. The summed E-state index contributed by atoms with van der Waals surface area (Å²) >= 11 is 3.33. The summed E-state index contributed by atoms with van der Waals surface area (Å²) < 4.78 is 27.6. The molecule has 0 bridgehead atoms. The fraction of sp³-hybridized carbons (Fsp3) is 0.667. The van der Waals surface area contributed by atoms with Gasteiger partial charge in [0, 0.05) is 18.9 Å². The van der Waals surface area contributed by atoms with Gasteiger partial charge in [0.1, 0.15) is 0 Å². The maximum absolute atomic E-state index is 11.8. The Morgan fingerprint density at radius 3 is 2.81 bits per heavy atom. The van der Waals surface area contributed by atoms with Crippen molar-refractivity contribution in [2.75, 3.05) is 11.9 Å². The standard InChI is InChI=1S/C9H16BrN3O2S/c1-8(3-5-10)7-12-16(14,15)9-4-6-11-13(9)2/h4,6,8,12H,3,5,7H2,1-2H3. The van der Waals surface area contributed by atoms with E-state index in [1.807, 2.05) is 6.92 Å². The van der Waals surface area contributed by atoms with Gasteiger partial charge in [-0.2, -0.15) is 5.10 Å². The van der Waals surface area contributed by atoms with E-state index in [2.05, 4.69) is 25.8 Å². The van der Waals surface area contributed by atoms with E-state index >= 15 is 0 Å². The molecule has 0 aliphatic rings. The minimum Gasteiger partial charge on any atom is -0.256 e. The van der Waals surface area contributed by atoms with Gasteiger partial charge < -0.3 is 0 Å². The molecule has 1 unspecified atom stereocenters. The molecule has 0 spiro atoms. The number of hydrogen-bond acceptors (Lipinski definition) is 3. The Hall–Kier alpha value is -0.400. The molecular weight excluding hydrogens is 294 g/mol. The highest BCUT2D eigenvalue weighted by atomic mass is 79.9. The molecule has 1 heterocycles. The van der Waals surface area contributed by atoms with Crippen LogP contribution in [0.3, 0.4) is 0 Å². The Labute approximate surface area is 104 Å². The van der Waals surface area contributed by atoms with Gasteiger partial charge in [-0.05, 0) is 18.4 Å². The Morgan fingerprint density at radius 2 is 2.31 bits per heavy atom. The van der Waals surface area contributed by atoms with Crippen LogP contribution in [-0.2, 0) is 17.1 Å². The van der Waals surface area contributed by atoms with E-state index in [9.17, 15) is 8.42 Å². The molecular formula is C9H16BrN3O2S. The fourth-order valence-corrected chi connectivity index (χ4v) is 3.31. The third kappa shape index (κ3) is 3.57. The van der Waals surface area contributed by atoms with Crippen LogP contribution in [0.4, 0.5) is 0 Å². The number of hydrogen-bond donors (Lipinski definition) is 1. The van der Waals surface area contributed by atoms with Gasteiger partial charge in [-0.3, -0.25) is 4.68 Å². The van der Waals surface area contributed by atoms with E-state index in [0.717, 1.165) is 11.8 Å². The number of alkyl halides is 1. The number of aryl methyl sites for hydroxylation is 1. The van der Waals surface area contributed by atoms with Gasteiger partial charge in [-0.1, -0.05) is 22.9 Å². The summed E-state index contributed by atoms with van der Waals surface area (Å²) in [6, 6.07) is 1.48. The molecule has 0 radical (unpaired) electrons. The van der Waals surface area contributed by atoms with E-state index in [0.29, 0.717) is 12.5 Å². The lowest BCUT2D eigenvalue weighted by Crippen LogP contribution is -2.30. The Kier molecular flexibility index (Phi) is 4.94. The summed E-state index contributed by atoms with van der Waals surface area (Å²) in [6.07, 6.45) is 2.41. The zero-order valence-electron chi connectivity index (χ0n) is 9.35. The van der Waals surface area contributed by atoms with Gasteiger partial charge in [0.15, 0.2) is 5.03 Å². The SMILES string of the molecule is CC(CCBr)CNS(=O)(=O)c1ccnn1C. The average molecular weight is 310 g/mol. The lowest BCUT2D eigenvalue weighted by Gasteiger charge is -2.11. The maximum Gasteiger partial charge on any atom is 0.257 e. The molecule has 0 aliphatic carbocycles. The highest BCUT2D eigenvalue weighted by Gasteiger charge is 2.18. The largest absolute Gasteiger partial charge is 0.257 e. The molecule has 1 aromatic rings. The lowest BCUT2D eigenvalue weighted by molar-refractivity contribution is 0.524. The van der Waals surface area contributed by atoms with Gasteiger partial charge in [0.2, 0.25) is 0 Å². The molecule has 0 aliphatic heterocycles. The van der Waals surface area contributed by atoms with E-state index < -0.39 is 10.0 Å². The van der Waals surface area contributed by atoms with Crippen molar-refractivity contribution in [2.24, 2.45) is 13.0 Å². The van der Waals surface area contributed by atoms with Gasteiger partial charge in [0.25, 0.3) is 10.0 Å². The third-order valence-corrected chi connectivity index (χ3v) is 4.23. The van der Waals surface area contributed by atoms with Crippen molar-refractivity contribution in [1.82, 2.24) is 14.5 Å². The zero-order chi connectivity index (χ0) is 12.2. The number of sulfonamides is 1. The first-order valence-electron chi connectivity index (χ1n) is 5.01. The molecule has 1 N–H and O–H groups in total. The number of halogens is 1. The van der Waals surface area contributed by atoms with Crippen molar-refractivity contribution in [2.45, 2.75) is 18.4 Å². The minimum atomic E-state index is -3.43. The molecule has 0 fully saturated rings. The molecule has 16 heavy (non-hydrogen) atoms. The summed E-state index contributed by atoms with van der Waals surface area (Å²) in [4.78, 5) is 0. The first kappa shape index (κ1) is 13.7. The van der Waals surface area contributed by atoms with Crippen molar-refractivity contribution in [3.63, 3.8) is 0 Å². The quantitative estimate of drug-likeness (QED) is 0.801. The second-order valence-electron chi connectivity index (χ2n) is 3.73. The molecule has 92 valence electrons. The van der Waals surface area contributed by atoms with Crippen LogP contribution >= 0.6 is 15.9 Å². The number of rotatable bonds is 6. The van der Waals surface area contributed by atoms with Crippen LogP contribution in [0.1, 0.15) is 13.3 Å². The van der Waals surface area contributed by atoms with Crippen molar-refractivity contribution in [3.8, 4) is 0 Å². The summed E-state index contributed by atoms with van der Waals surface area (Å²) in [5.74, 6) is 0.308. The number of nitrogens with zero attached hydrogens (tertiary/aromatic N) is 2. The average Bonchev–Trinajstić information content (AvgIpc) is 2.63. The van der Waals surface area contributed by atoms with Crippen LogP contribution in [0.25, 0.3) is 0 Å². The van der Waals surface area contributed by atoms with Crippen molar-refractivity contribution in [3.05, 3.63) is 12.3 Å². The van der Waals surface area contributed by atoms with E-state index in [1.165, 1.54) is 16.9 Å². The molecule has 0 aromatic carbocycles. The molecule has 7 heteroatoms. The molecule has 0 saturated heterocycles.